The monoisotopic (exact) mass is 383 g/mol. The Bertz CT molecular complexity index is 665. The molecule has 0 aliphatic carbocycles. The second-order valence-electron chi connectivity index (χ2n) is 4.68. The molecule has 0 aromatic heterocycles. The molecule has 20 heavy (non-hydrogen) atoms. The van der Waals surface area contributed by atoms with Crippen molar-refractivity contribution in [1.82, 2.24) is 4.90 Å². The van der Waals surface area contributed by atoms with E-state index in [4.69, 9.17) is 11.6 Å². The Morgan fingerprint density at radius 2 is 2.15 bits per heavy atom. The number of carbonyl (C=O) groups excluding carboxylic acids is 1. The second kappa shape index (κ2) is 5.61. The van der Waals surface area contributed by atoms with Gasteiger partial charge in [-0.25, -0.2) is 12.8 Å². The van der Waals surface area contributed by atoms with Crippen LogP contribution in [0, 0.1) is 5.82 Å². The highest BCUT2D eigenvalue weighted by atomic mass is 79.9. The first-order chi connectivity index (χ1) is 9.22. The smallest absolute Gasteiger partial charge is 0.256 e. The van der Waals surface area contributed by atoms with Gasteiger partial charge in [-0.15, -0.1) is 0 Å². The average molecular weight is 385 g/mol. The van der Waals surface area contributed by atoms with Gasteiger partial charge in [0.2, 0.25) is 0 Å². The number of rotatable bonds is 1. The van der Waals surface area contributed by atoms with E-state index in [1.165, 1.54) is 17.0 Å². The van der Waals surface area contributed by atoms with Crippen molar-refractivity contribution in [2.24, 2.45) is 0 Å². The van der Waals surface area contributed by atoms with Crippen molar-refractivity contribution < 1.29 is 17.6 Å². The first-order valence-electron chi connectivity index (χ1n) is 5.88. The van der Waals surface area contributed by atoms with Gasteiger partial charge in [-0.1, -0.05) is 11.6 Å². The van der Waals surface area contributed by atoms with Crippen LogP contribution >= 0.6 is 27.5 Å². The highest BCUT2D eigenvalue weighted by Crippen LogP contribution is 2.26. The molecule has 1 atom stereocenters. The molecular formula is C12H12BrClFNO3S. The Morgan fingerprint density at radius 3 is 2.75 bits per heavy atom. The molecule has 0 radical (unpaired) electrons. The number of hydrogen-bond acceptors (Lipinski definition) is 3. The predicted octanol–water partition coefficient (Wildman–Crippen LogP) is 2.50. The Hall–Kier alpha value is -0.660. The third-order valence-corrected chi connectivity index (χ3v) is 6.17. The van der Waals surface area contributed by atoms with E-state index in [1.807, 2.05) is 0 Å². The molecule has 1 saturated heterocycles. The van der Waals surface area contributed by atoms with Gasteiger partial charge < -0.3 is 4.90 Å². The Balaban J connectivity index is 2.30. The summed E-state index contributed by atoms with van der Waals surface area (Å²) < 4.78 is 37.3. The zero-order valence-electron chi connectivity index (χ0n) is 10.6. The van der Waals surface area contributed by atoms with Gasteiger partial charge >= 0.3 is 0 Å². The molecule has 1 heterocycles. The maximum Gasteiger partial charge on any atom is 0.256 e. The number of carbonyl (C=O) groups is 1. The van der Waals surface area contributed by atoms with E-state index in [1.54, 1.807) is 6.92 Å². The molecule has 1 unspecified atom stereocenters. The van der Waals surface area contributed by atoms with Gasteiger partial charge in [0.05, 0.1) is 21.0 Å². The van der Waals surface area contributed by atoms with Crippen molar-refractivity contribution in [2.75, 3.05) is 18.8 Å². The fourth-order valence-electron chi connectivity index (χ4n) is 2.02. The molecule has 0 bridgehead atoms. The third-order valence-electron chi connectivity index (χ3n) is 3.25. The van der Waals surface area contributed by atoms with Gasteiger partial charge in [-0.05, 0) is 35.0 Å². The lowest BCUT2D eigenvalue weighted by atomic mass is 10.1. The molecular weight excluding hydrogens is 373 g/mol. The lowest BCUT2D eigenvalue weighted by Gasteiger charge is -2.31. The number of hydrogen-bond donors (Lipinski definition) is 0. The third kappa shape index (κ3) is 2.99. The van der Waals surface area contributed by atoms with Crippen molar-refractivity contribution in [3.8, 4) is 0 Å². The van der Waals surface area contributed by atoms with Crippen molar-refractivity contribution in [1.29, 1.82) is 0 Å². The summed E-state index contributed by atoms with van der Waals surface area (Å²) >= 11 is 8.81. The van der Waals surface area contributed by atoms with Crippen LogP contribution in [0.3, 0.4) is 0 Å². The number of amides is 1. The highest BCUT2D eigenvalue weighted by Gasteiger charge is 2.33. The lowest BCUT2D eigenvalue weighted by molar-refractivity contribution is 0.0755. The van der Waals surface area contributed by atoms with Crippen LogP contribution in [0.5, 0.6) is 0 Å². The van der Waals surface area contributed by atoms with Crippen molar-refractivity contribution in [2.45, 2.75) is 12.2 Å². The summed E-state index contributed by atoms with van der Waals surface area (Å²) in [6.45, 7) is 1.67. The summed E-state index contributed by atoms with van der Waals surface area (Å²) in [6.07, 6.45) is 0. The molecule has 1 fully saturated rings. The van der Waals surface area contributed by atoms with E-state index < -0.39 is 26.8 Å². The topological polar surface area (TPSA) is 54.5 Å². The molecule has 110 valence electrons. The lowest BCUT2D eigenvalue weighted by Crippen LogP contribution is -2.48. The molecule has 1 aromatic rings. The Morgan fingerprint density at radius 1 is 1.50 bits per heavy atom. The van der Waals surface area contributed by atoms with E-state index in [9.17, 15) is 17.6 Å². The standard InChI is InChI=1S/C12H12BrClFNO3S/c1-7-6-16(2-3-20(7,18)19)12(17)9-4-8(14)5-10(13)11(9)15/h4-5,7H,2-3,6H2,1H3. The summed E-state index contributed by atoms with van der Waals surface area (Å²) in [5.41, 5.74) is -0.157. The largest absolute Gasteiger partial charge is 0.336 e. The normalized spacial score (nSPS) is 21.8. The minimum atomic E-state index is -3.16. The van der Waals surface area contributed by atoms with Crippen molar-refractivity contribution in [3.05, 3.63) is 33.0 Å². The molecule has 1 aliphatic heterocycles. The van der Waals surface area contributed by atoms with E-state index in [0.717, 1.165) is 0 Å². The van der Waals surface area contributed by atoms with Gasteiger partial charge in [-0.3, -0.25) is 4.79 Å². The van der Waals surface area contributed by atoms with Crippen molar-refractivity contribution >= 4 is 43.3 Å². The van der Waals surface area contributed by atoms with Gasteiger partial charge in [0.15, 0.2) is 9.84 Å². The fourth-order valence-corrected chi connectivity index (χ4v) is 4.11. The molecule has 0 N–H and O–H groups in total. The van der Waals surface area contributed by atoms with Gasteiger partial charge in [-0.2, -0.15) is 0 Å². The molecule has 8 heteroatoms. The maximum atomic E-state index is 14.0. The minimum absolute atomic E-state index is 0.0603. The first kappa shape index (κ1) is 15.7. The molecule has 1 amide bonds. The SMILES string of the molecule is CC1CN(C(=O)c2cc(Cl)cc(Br)c2F)CCS1(=O)=O. The van der Waals surface area contributed by atoms with E-state index >= 15 is 0 Å². The van der Waals surface area contributed by atoms with E-state index in [2.05, 4.69) is 15.9 Å². The minimum Gasteiger partial charge on any atom is -0.336 e. The molecule has 0 saturated carbocycles. The fraction of sp³-hybridized carbons (Fsp3) is 0.417. The van der Waals surface area contributed by atoms with Gasteiger partial charge in [0.1, 0.15) is 5.82 Å². The molecule has 2 rings (SSSR count). The van der Waals surface area contributed by atoms with E-state index in [-0.39, 0.29) is 33.9 Å². The molecule has 4 nitrogen and oxygen atoms in total. The highest BCUT2D eigenvalue weighted by molar-refractivity contribution is 9.10. The number of nitrogens with zero attached hydrogens (tertiary/aromatic N) is 1. The molecule has 1 aliphatic rings. The average Bonchev–Trinajstić information content (AvgIpc) is 2.36. The van der Waals surface area contributed by atoms with Crippen LogP contribution in [0.15, 0.2) is 16.6 Å². The van der Waals surface area contributed by atoms with E-state index in [0.29, 0.717) is 0 Å². The Labute approximate surface area is 129 Å². The zero-order valence-corrected chi connectivity index (χ0v) is 13.7. The first-order valence-corrected chi connectivity index (χ1v) is 8.76. The van der Waals surface area contributed by atoms with Crippen LogP contribution in [-0.4, -0.2) is 43.3 Å². The summed E-state index contributed by atoms with van der Waals surface area (Å²) in [6, 6.07) is 2.61. The predicted molar refractivity (Wildman–Crippen MR) is 78.3 cm³/mol. The molecule has 0 spiro atoms. The van der Waals surface area contributed by atoms with Crippen LogP contribution in [0.4, 0.5) is 4.39 Å². The van der Waals surface area contributed by atoms with Gasteiger partial charge in [0.25, 0.3) is 5.91 Å². The van der Waals surface area contributed by atoms with Crippen LogP contribution in [-0.2, 0) is 9.84 Å². The zero-order chi connectivity index (χ0) is 15.1. The van der Waals surface area contributed by atoms with Crippen LogP contribution in [0.25, 0.3) is 0 Å². The van der Waals surface area contributed by atoms with Gasteiger partial charge in [0, 0.05) is 18.1 Å². The summed E-state index contributed by atoms with van der Waals surface area (Å²) in [4.78, 5) is 13.6. The van der Waals surface area contributed by atoms with Crippen LogP contribution in [0.2, 0.25) is 5.02 Å². The number of sulfone groups is 1. The van der Waals surface area contributed by atoms with Crippen LogP contribution in [0.1, 0.15) is 17.3 Å². The van der Waals surface area contributed by atoms with Crippen LogP contribution < -0.4 is 0 Å². The maximum absolute atomic E-state index is 14.0. The summed E-state index contributed by atoms with van der Waals surface area (Å²) in [7, 11) is -3.16. The number of halogens is 3. The Kier molecular flexibility index (Phi) is 4.41. The summed E-state index contributed by atoms with van der Waals surface area (Å²) in [5.74, 6) is -1.35. The summed E-state index contributed by atoms with van der Waals surface area (Å²) in [5, 5.41) is -0.412. The second-order valence-corrected chi connectivity index (χ2v) is 8.51. The number of benzene rings is 1. The molecule has 1 aromatic carbocycles. The van der Waals surface area contributed by atoms with Crippen molar-refractivity contribution in [3.63, 3.8) is 0 Å². The quantitative estimate of drug-likeness (QED) is 0.699.